The van der Waals surface area contributed by atoms with Gasteiger partial charge in [0, 0.05) is 0 Å². The minimum Gasteiger partial charge on any atom is -0.0654 e. The van der Waals surface area contributed by atoms with Gasteiger partial charge in [0.15, 0.2) is 0 Å². The third-order valence-corrected chi connectivity index (χ3v) is 7.13. The van der Waals surface area contributed by atoms with Crippen LogP contribution in [-0.2, 0) is 0 Å². The quantitative estimate of drug-likeness (QED) is 0.122. The zero-order valence-electron chi connectivity index (χ0n) is 22.0. The van der Waals surface area contributed by atoms with Crippen LogP contribution in [0.25, 0.3) is 0 Å². The van der Waals surface area contributed by atoms with Gasteiger partial charge >= 0.3 is 0 Å². The zero-order valence-corrected chi connectivity index (χ0v) is 22.0. The van der Waals surface area contributed by atoms with Gasteiger partial charge in [0.25, 0.3) is 0 Å². The summed E-state index contributed by atoms with van der Waals surface area (Å²) in [7, 11) is 0. The number of hydrogen-bond acceptors (Lipinski definition) is 0. The highest BCUT2D eigenvalue weighted by atomic mass is 14.1. The summed E-state index contributed by atoms with van der Waals surface area (Å²) in [6, 6.07) is 0. The summed E-state index contributed by atoms with van der Waals surface area (Å²) in [6.45, 7) is 7.00. The lowest BCUT2D eigenvalue weighted by Gasteiger charge is -2.16. The molecular formula is C30H62. The Morgan fingerprint density at radius 1 is 0.267 bits per heavy atom. The van der Waals surface area contributed by atoms with E-state index in [1.165, 1.54) is 167 Å². The van der Waals surface area contributed by atoms with Crippen LogP contribution >= 0.6 is 0 Å². The van der Waals surface area contributed by atoms with Crippen molar-refractivity contribution in [3.63, 3.8) is 0 Å². The van der Waals surface area contributed by atoms with Crippen molar-refractivity contribution in [2.45, 2.75) is 188 Å². The molecule has 0 radical (unpaired) electrons. The van der Waals surface area contributed by atoms with Gasteiger partial charge in [0.1, 0.15) is 0 Å². The molecule has 0 heteroatoms. The molecule has 0 aliphatic carbocycles. The lowest BCUT2D eigenvalue weighted by Crippen LogP contribution is -2.00. The average Bonchev–Trinajstić information content (AvgIpc) is 2.75. The first-order valence-electron chi connectivity index (χ1n) is 14.8. The highest BCUT2D eigenvalue weighted by Crippen LogP contribution is 2.23. The molecule has 0 aromatic carbocycles. The second-order valence-electron chi connectivity index (χ2n) is 10.3. The van der Waals surface area contributed by atoms with Gasteiger partial charge in [-0.05, 0) is 5.92 Å². The molecule has 0 unspecified atom stereocenters. The van der Waals surface area contributed by atoms with Crippen molar-refractivity contribution in [3.05, 3.63) is 0 Å². The van der Waals surface area contributed by atoms with Crippen molar-refractivity contribution in [3.8, 4) is 0 Å². The molecule has 0 N–H and O–H groups in total. The zero-order chi connectivity index (χ0) is 22.0. The minimum atomic E-state index is 1.03. The summed E-state index contributed by atoms with van der Waals surface area (Å²) < 4.78 is 0. The van der Waals surface area contributed by atoms with E-state index in [-0.39, 0.29) is 0 Å². The second kappa shape index (κ2) is 27.0. The van der Waals surface area contributed by atoms with Gasteiger partial charge in [0.2, 0.25) is 0 Å². The van der Waals surface area contributed by atoms with Crippen molar-refractivity contribution >= 4 is 0 Å². The SMILES string of the molecule is CCCCCCCCCCCCCC(CCC)CCCCCCCCCCCCC. The fourth-order valence-electron chi connectivity index (χ4n) is 5.04. The fourth-order valence-corrected chi connectivity index (χ4v) is 5.04. The molecule has 0 saturated carbocycles. The topological polar surface area (TPSA) is 0 Å². The van der Waals surface area contributed by atoms with Gasteiger partial charge in [-0.15, -0.1) is 0 Å². The van der Waals surface area contributed by atoms with Crippen LogP contribution in [0.15, 0.2) is 0 Å². The molecule has 0 aromatic heterocycles. The van der Waals surface area contributed by atoms with Crippen molar-refractivity contribution in [2.24, 2.45) is 5.92 Å². The summed E-state index contributed by atoms with van der Waals surface area (Å²) >= 11 is 0. The standard InChI is InChI=1S/C30H62/c1-4-7-9-11-13-15-17-19-21-23-25-28-30(27-6-3)29-26-24-22-20-18-16-14-12-10-8-5-2/h30H,4-29H2,1-3H3. The van der Waals surface area contributed by atoms with Crippen LogP contribution in [0.2, 0.25) is 0 Å². The Bertz CT molecular complexity index is 256. The molecule has 30 heavy (non-hydrogen) atoms. The van der Waals surface area contributed by atoms with E-state index in [1.54, 1.807) is 0 Å². The molecule has 0 fully saturated rings. The maximum Gasteiger partial charge on any atom is -0.0414 e. The predicted octanol–water partition coefficient (Wildman–Crippen LogP) is 11.8. The lowest BCUT2D eigenvalue weighted by atomic mass is 9.90. The Hall–Kier alpha value is 0. The number of unbranched alkanes of at least 4 members (excludes halogenated alkanes) is 20. The van der Waals surface area contributed by atoms with Gasteiger partial charge < -0.3 is 0 Å². The molecule has 182 valence electrons. The summed E-state index contributed by atoms with van der Waals surface area (Å²) in [5.41, 5.74) is 0. The van der Waals surface area contributed by atoms with E-state index in [1.807, 2.05) is 0 Å². The summed E-state index contributed by atoms with van der Waals surface area (Å²) in [5.74, 6) is 1.03. The molecular weight excluding hydrogens is 360 g/mol. The Morgan fingerprint density at radius 2 is 0.533 bits per heavy atom. The van der Waals surface area contributed by atoms with Gasteiger partial charge in [-0.1, -0.05) is 188 Å². The van der Waals surface area contributed by atoms with Crippen molar-refractivity contribution in [1.82, 2.24) is 0 Å². The van der Waals surface area contributed by atoms with Crippen molar-refractivity contribution < 1.29 is 0 Å². The van der Waals surface area contributed by atoms with E-state index < -0.39 is 0 Å². The highest BCUT2D eigenvalue weighted by Gasteiger charge is 2.07. The minimum absolute atomic E-state index is 1.03. The van der Waals surface area contributed by atoms with Gasteiger partial charge in [-0.3, -0.25) is 0 Å². The molecule has 0 bridgehead atoms. The van der Waals surface area contributed by atoms with Gasteiger partial charge in [-0.25, -0.2) is 0 Å². The van der Waals surface area contributed by atoms with E-state index in [9.17, 15) is 0 Å². The number of rotatable bonds is 26. The summed E-state index contributed by atoms with van der Waals surface area (Å²) in [5, 5.41) is 0. The predicted molar refractivity (Wildman–Crippen MR) is 141 cm³/mol. The van der Waals surface area contributed by atoms with Crippen LogP contribution in [0.4, 0.5) is 0 Å². The Morgan fingerprint density at radius 3 is 0.800 bits per heavy atom. The van der Waals surface area contributed by atoms with Gasteiger partial charge in [-0.2, -0.15) is 0 Å². The molecule has 0 heterocycles. The van der Waals surface area contributed by atoms with E-state index >= 15 is 0 Å². The first kappa shape index (κ1) is 30.0. The monoisotopic (exact) mass is 422 g/mol. The van der Waals surface area contributed by atoms with Gasteiger partial charge in [0.05, 0.1) is 0 Å². The van der Waals surface area contributed by atoms with Crippen LogP contribution in [0.5, 0.6) is 0 Å². The third-order valence-electron chi connectivity index (χ3n) is 7.13. The van der Waals surface area contributed by atoms with Crippen LogP contribution in [-0.4, -0.2) is 0 Å². The molecule has 0 nitrogen and oxygen atoms in total. The van der Waals surface area contributed by atoms with E-state index in [0.717, 1.165) is 5.92 Å². The largest absolute Gasteiger partial charge is 0.0654 e. The Kier molecular flexibility index (Phi) is 27.0. The van der Waals surface area contributed by atoms with Crippen LogP contribution < -0.4 is 0 Å². The first-order chi connectivity index (χ1) is 14.8. The average molecular weight is 423 g/mol. The second-order valence-corrected chi connectivity index (χ2v) is 10.3. The molecule has 0 aliphatic heterocycles. The molecule has 0 saturated heterocycles. The van der Waals surface area contributed by atoms with Crippen LogP contribution in [0, 0.1) is 5.92 Å². The maximum absolute atomic E-state index is 2.38. The molecule has 0 rings (SSSR count). The summed E-state index contributed by atoms with van der Waals surface area (Å²) in [4.78, 5) is 0. The van der Waals surface area contributed by atoms with Crippen LogP contribution in [0.1, 0.15) is 188 Å². The van der Waals surface area contributed by atoms with Crippen LogP contribution in [0.3, 0.4) is 0 Å². The molecule has 0 aliphatic rings. The molecule has 0 spiro atoms. The Balaban J connectivity index is 3.40. The lowest BCUT2D eigenvalue weighted by molar-refractivity contribution is 0.376. The Labute approximate surface area is 193 Å². The highest BCUT2D eigenvalue weighted by molar-refractivity contribution is 4.61. The fraction of sp³-hybridized carbons (Fsp3) is 1.00. The first-order valence-corrected chi connectivity index (χ1v) is 14.8. The van der Waals surface area contributed by atoms with E-state index in [4.69, 9.17) is 0 Å². The molecule has 0 aromatic rings. The smallest absolute Gasteiger partial charge is 0.0414 e. The molecule has 0 atom stereocenters. The normalized spacial score (nSPS) is 11.6. The van der Waals surface area contributed by atoms with Crippen molar-refractivity contribution in [1.29, 1.82) is 0 Å². The summed E-state index contributed by atoms with van der Waals surface area (Å²) in [6.07, 6.45) is 38.3. The van der Waals surface area contributed by atoms with Crippen molar-refractivity contribution in [2.75, 3.05) is 0 Å². The van der Waals surface area contributed by atoms with E-state index in [0.29, 0.717) is 0 Å². The number of hydrogen-bond donors (Lipinski definition) is 0. The molecule has 0 amide bonds. The maximum atomic E-state index is 2.38. The van der Waals surface area contributed by atoms with E-state index in [2.05, 4.69) is 20.8 Å². The third kappa shape index (κ3) is 24.3.